The van der Waals surface area contributed by atoms with Crippen LogP contribution in [0.2, 0.25) is 0 Å². The standard InChI is InChI=1S/C30H24N2O5/c1-3-30-23(19-12-8-5-9-13-19)22(18-10-6-4-7-11-18)29(2,28(30)35)24-25(30)27(34)31(26(24)33)20-14-16-21(17-15-20)32(36)37/h4-17,24-25H,3H2,1-2H3/t24-,25-,29+,30-/m1/s1. The molecule has 0 aromatic heterocycles. The Bertz CT molecular complexity index is 1510. The van der Waals surface area contributed by atoms with Crippen LogP contribution in [0.3, 0.4) is 0 Å². The summed E-state index contributed by atoms with van der Waals surface area (Å²) in [6, 6.07) is 24.7. The van der Waals surface area contributed by atoms with Crippen LogP contribution in [-0.4, -0.2) is 22.5 Å². The van der Waals surface area contributed by atoms with Crippen molar-refractivity contribution >= 4 is 40.1 Å². The van der Waals surface area contributed by atoms with Gasteiger partial charge in [0, 0.05) is 12.1 Å². The number of rotatable bonds is 5. The lowest BCUT2D eigenvalue weighted by atomic mass is 9.62. The van der Waals surface area contributed by atoms with Crippen molar-refractivity contribution in [3.63, 3.8) is 0 Å². The number of anilines is 1. The molecule has 7 heteroatoms. The molecule has 1 aliphatic heterocycles. The molecule has 2 bridgehead atoms. The fourth-order valence-electron chi connectivity index (χ4n) is 7.11. The SMILES string of the molecule is CC[C@@]12C(=O)[C@@](C)(C(c3ccccc3)=C1c1ccccc1)[C@H]1C(=O)N(c3ccc([N+](=O)[O-])cc3)C(=O)[C@@H]12. The maximum Gasteiger partial charge on any atom is 0.269 e. The molecular formula is C30H24N2O5. The highest BCUT2D eigenvalue weighted by Crippen LogP contribution is 2.74. The molecular weight excluding hydrogens is 468 g/mol. The molecule has 3 aromatic rings. The molecule has 3 aromatic carbocycles. The predicted molar refractivity (Wildman–Crippen MR) is 138 cm³/mol. The first kappa shape index (κ1) is 23.0. The zero-order chi connectivity index (χ0) is 26.1. The van der Waals surface area contributed by atoms with Gasteiger partial charge >= 0.3 is 0 Å². The highest BCUT2D eigenvalue weighted by Gasteiger charge is 2.79. The molecule has 2 amide bonds. The Kier molecular flexibility index (Phi) is 4.86. The molecule has 1 heterocycles. The summed E-state index contributed by atoms with van der Waals surface area (Å²) in [5, 5.41) is 11.1. The summed E-state index contributed by atoms with van der Waals surface area (Å²) in [5.41, 5.74) is 1.15. The third-order valence-electron chi connectivity index (χ3n) is 8.55. The number of hydrogen-bond acceptors (Lipinski definition) is 5. The van der Waals surface area contributed by atoms with E-state index in [0.717, 1.165) is 27.2 Å². The van der Waals surface area contributed by atoms with E-state index in [4.69, 9.17) is 0 Å². The van der Waals surface area contributed by atoms with Crippen LogP contribution in [0.4, 0.5) is 11.4 Å². The molecule has 6 rings (SSSR count). The van der Waals surface area contributed by atoms with E-state index in [0.29, 0.717) is 6.42 Å². The first-order chi connectivity index (χ1) is 17.8. The van der Waals surface area contributed by atoms with E-state index in [-0.39, 0.29) is 17.2 Å². The molecule has 0 spiro atoms. The Morgan fingerprint density at radius 2 is 1.30 bits per heavy atom. The van der Waals surface area contributed by atoms with Crippen molar-refractivity contribution in [2.24, 2.45) is 22.7 Å². The van der Waals surface area contributed by atoms with Gasteiger partial charge in [-0.15, -0.1) is 0 Å². The largest absolute Gasteiger partial charge is 0.298 e. The number of ketones is 1. The molecule has 1 saturated carbocycles. The summed E-state index contributed by atoms with van der Waals surface area (Å²) in [4.78, 5) is 54.3. The van der Waals surface area contributed by atoms with Crippen molar-refractivity contribution < 1.29 is 19.3 Å². The Balaban J connectivity index is 1.60. The molecule has 2 fully saturated rings. The number of carbonyl (C=O) groups is 3. The topological polar surface area (TPSA) is 97.6 Å². The number of nitrogens with zero attached hydrogens (tertiary/aromatic N) is 2. The fraction of sp³-hybridized carbons (Fsp3) is 0.233. The third-order valence-corrected chi connectivity index (χ3v) is 8.55. The summed E-state index contributed by atoms with van der Waals surface area (Å²) in [5.74, 6) is -2.65. The van der Waals surface area contributed by atoms with Gasteiger partial charge in [-0.3, -0.25) is 24.5 Å². The highest BCUT2D eigenvalue weighted by molar-refractivity contribution is 6.34. The van der Waals surface area contributed by atoms with Crippen molar-refractivity contribution in [1.29, 1.82) is 0 Å². The molecule has 4 atom stereocenters. The van der Waals surface area contributed by atoms with Crippen LogP contribution >= 0.6 is 0 Å². The minimum atomic E-state index is -1.20. The average Bonchev–Trinajstić information content (AvgIpc) is 3.39. The molecule has 37 heavy (non-hydrogen) atoms. The van der Waals surface area contributed by atoms with E-state index in [9.17, 15) is 24.5 Å². The Morgan fingerprint density at radius 3 is 1.81 bits per heavy atom. The fourth-order valence-corrected chi connectivity index (χ4v) is 7.11. The molecule has 3 aliphatic rings. The summed E-state index contributed by atoms with van der Waals surface area (Å²) in [7, 11) is 0. The number of nitro groups is 1. The highest BCUT2D eigenvalue weighted by atomic mass is 16.6. The number of Topliss-reactive ketones (excluding diaryl/α,β-unsaturated/α-hetero) is 1. The van der Waals surface area contributed by atoms with Crippen LogP contribution in [0.25, 0.3) is 11.1 Å². The minimum absolute atomic E-state index is 0.0831. The summed E-state index contributed by atoms with van der Waals surface area (Å²) in [6.45, 7) is 3.72. The smallest absolute Gasteiger partial charge is 0.269 e. The van der Waals surface area contributed by atoms with E-state index < -0.39 is 39.4 Å². The van der Waals surface area contributed by atoms with E-state index in [1.54, 1.807) is 0 Å². The van der Waals surface area contributed by atoms with Crippen LogP contribution in [0.5, 0.6) is 0 Å². The molecule has 7 nitrogen and oxygen atoms in total. The van der Waals surface area contributed by atoms with Gasteiger partial charge in [-0.2, -0.15) is 0 Å². The summed E-state index contributed by atoms with van der Waals surface area (Å²) in [6.07, 6.45) is 0.371. The van der Waals surface area contributed by atoms with E-state index in [2.05, 4.69) is 0 Å². The Labute approximate surface area is 213 Å². The Morgan fingerprint density at radius 1 is 0.784 bits per heavy atom. The monoisotopic (exact) mass is 492 g/mol. The molecule has 2 aliphatic carbocycles. The zero-order valence-electron chi connectivity index (χ0n) is 20.4. The first-order valence-corrected chi connectivity index (χ1v) is 12.3. The minimum Gasteiger partial charge on any atom is -0.298 e. The quantitative estimate of drug-likeness (QED) is 0.273. The predicted octanol–water partition coefficient (Wildman–Crippen LogP) is 5.31. The number of allylic oxidation sites excluding steroid dienone is 2. The van der Waals surface area contributed by atoms with Gasteiger partial charge in [0.05, 0.1) is 33.3 Å². The van der Waals surface area contributed by atoms with Crippen molar-refractivity contribution in [2.75, 3.05) is 4.90 Å². The van der Waals surface area contributed by atoms with Crippen molar-refractivity contribution in [3.05, 3.63) is 106 Å². The number of fused-ring (bicyclic) bond motifs is 5. The van der Waals surface area contributed by atoms with Gasteiger partial charge in [-0.25, -0.2) is 4.90 Å². The van der Waals surface area contributed by atoms with E-state index >= 15 is 0 Å². The lowest BCUT2D eigenvalue weighted by molar-refractivity contribution is -0.384. The Hall–Kier alpha value is -4.39. The molecule has 1 saturated heterocycles. The van der Waals surface area contributed by atoms with Gasteiger partial charge in [0.2, 0.25) is 11.8 Å². The molecule has 0 radical (unpaired) electrons. The van der Waals surface area contributed by atoms with Crippen LogP contribution in [-0.2, 0) is 14.4 Å². The second-order valence-corrected chi connectivity index (χ2v) is 10.1. The van der Waals surface area contributed by atoms with Gasteiger partial charge in [0.15, 0.2) is 5.78 Å². The lowest BCUT2D eigenvalue weighted by Gasteiger charge is -2.37. The number of non-ortho nitro benzene ring substituents is 1. The maximum atomic E-state index is 14.4. The second kappa shape index (κ2) is 7.80. The molecule has 0 N–H and O–H groups in total. The first-order valence-electron chi connectivity index (χ1n) is 12.3. The number of amides is 2. The van der Waals surface area contributed by atoms with Crippen molar-refractivity contribution in [3.8, 4) is 0 Å². The van der Waals surface area contributed by atoms with Gasteiger partial charge in [-0.05, 0) is 47.8 Å². The molecule has 184 valence electrons. The third kappa shape index (κ3) is 2.74. The van der Waals surface area contributed by atoms with Gasteiger partial charge < -0.3 is 0 Å². The number of nitro benzene ring substituents is 1. The summed E-state index contributed by atoms with van der Waals surface area (Å²) < 4.78 is 0. The van der Waals surface area contributed by atoms with Crippen molar-refractivity contribution in [1.82, 2.24) is 0 Å². The van der Waals surface area contributed by atoms with Crippen LogP contribution in [0.1, 0.15) is 31.4 Å². The number of imide groups is 1. The number of carbonyl (C=O) groups excluding carboxylic acids is 3. The van der Waals surface area contributed by atoms with Crippen LogP contribution < -0.4 is 4.90 Å². The van der Waals surface area contributed by atoms with Gasteiger partial charge in [0.1, 0.15) is 0 Å². The van der Waals surface area contributed by atoms with Crippen LogP contribution in [0, 0.1) is 32.8 Å². The second-order valence-electron chi connectivity index (χ2n) is 10.1. The van der Waals surface area contributed by atoms with Crippen LogP contribution in [0.15, 0.2) is 84.9 Å². The van der Waals surface area contributed by atoms with E-state index in [1.165, 1.54) is 24.3 Å². The van der Waals surface area contributed by atoms with Crippen molar-refractivity contribution in [2.45, 2.75) is 20.3 Å². The van der Waals surface area contributed by atoms with Gasteiger partial charge in [0.25, 0.3) is 5.69 Å². The van der Waals surface area contributed by atoms with E-state index in [1.807, 2.05) is 74.5 Å². The normalized spacial score (nSPS) is 28.3. The average molecular weight is 493 g/mol. The summed E-state index contributed by atoms with van der Waals surface area (Å²) >= 11 is 0. The van der Waals surface area contributed by atoms with Gasteiger partial charge in [-0.1, -0.05) is 67.6 Å². The lowest BCUT2D eigenvalue weighted by Crippen LogP contribution is -2.41. The number of benzene rings is 3. The molecule has 0 unspecified atom stereocenters. The maximum absolute atomic E-state index is 14.4. The number of hydrogen-bond donors (Lipinski definition) is 0. The zero-order valence-corrected chi connectivity index (χ0v) is 20.4.